The Morgan fingerprint density at radius 3 is 2.29 bits per heavy atom. The molecule has 0 aliphatic carbocycles. The second-order valence-electron chi connectivity index (χ2n) is 8.38. The van der Waals surface area contributed by atoms with Crippen LogP contribution in [0.4, 0.5) is 0 Å². The number of nitrogens with two attached hydrogens (primary N) is 4. The molecule has 1 heterocycles. The molecule has 0 saturated carbocycles. The van der Waals surface area contributed by atoms with Crippen molar-refractivity contribution >= 4 is 35.6 Å². The van der Waals surface area contributed by atoms with Crippen LogP contribution in [0.25, 0.3) is 0 Å². The Labute approximate surface area is 202 Å². The molecule has 1 saturated heterocycles. The first-order chi connectivity index (χ1) is 16.3. The number of carbonyl (C=O) groups excluding carboxylic acids is 4. The van der Waals surface area contributed by atoms with Crippen LogP contribution in [0.15, 0.2) is 4.99 Å². The number of aliphatic hydroxyl groups excluding tert-OH is 1. The molecular formula is C20H36N8O7. The molecular weight excluding hydrogens is 464 g/mol. The van der Waals surface area contributed by atoms with Crippen LogP contribution in [0, 0.1) is 0 Å². The fraction of sp³-hybridized carbons (Fsp3) is 0.700. The van der Waals surface area contributed by atoms with Gasteiger partial charge in [-0.1, -0.05) is 0 Å². The fourth-order valence-electron chi connectivity index (χ4n) is 3.61. The Morgan fingerprint density at radius 2 is 1.74 bits per heavy atom. The van der Waals surface area contributed by atoms with E-state index in [0.717, 1.165) is 4.90 Å². The largest absolute Gasteiger partial charge is 0.480 e. The van der Waals surface area contributed by atoms with Crippen LogP contribution in [-0.2, 0) is 24.0 Å². The van der Waals surface area contributed by atoms with E-state index in [1.54, 1.807) is 0 Å². The molecule has 0 aromatic heterocycles. The minimum absolute atomic E-state index is 0.0992. The highest BCUT2D eigenvalue weighted by molar-refractivity contribution is 5.94. The molecule has 1 fully saturated rings. The van der Waals surface area contributed by atoms with Gasteiger partial charge in [-0.3, -0.25) is 24.2 Å². The summed E-state index contributed by atoms with van der Waals surface area (Å²) in [7, 11) is 0. The third kappa shape index (κ3) is 9.74. The van der Waals surface area contributed by atoms with Crippen molar-refractivity contribution in [2.75, 3.05) is 13.1 Å². The third-order valence-corrected chi connectivity index (χ3v) is 5.48. The van der Waals surface area contributed by atoms with E-state index in [1.807, 2.05) is 0 Å². The van der Waals surface area contributed by atoms with Gasteiger partial charge in [0.1, 0.15) is 18.1 Å². The van der Waals surface area contributed by atoms with E-state index >= 15 is 0 Å². The monoisotopic (exact) mass is 500 g/mol. The van der Waals surface area contributed by atoms with Crippen molar-refractivity contribution in [1.82, 2.24) is 15.5 Å². The number of hydrogen-bond donors (Lipinski definition) is 8. The number of hydrogen-bond acceptors (Lipinski definition) is 8. The van der Waals surface area contributed by atoms with E-state index in [9.17, 15) is 34.2 Å². The Bertz CT molecular complexity index is 815. The molecule has 35 heavy (non-hydrogen) atoms. The van der Waals surface area contributed by atoms with E-state index in [2.05, 4.69) is 15.6 Å². The number of nitrogens with one attached hydrogen (secondary N) is 2. The minimum atomic E-state index is -1.47. The van der Waals surface area contributed by atoms with Crippen molar-refractivity contribution in [3.63, 3.8) is 0 Å². The van der Waals surface area contributed by atoms with Gasteiger partial charge in [0, 0.05) is 19.5 Å². The molecule has 1 aliphatic heterocycles. The highest BCUT2D eigenvalue weighted by atomic mass is 16.4. The smallest absolute Gasteiger partial charge is 0.326 e. The number of carbonyl (C=O) groups is 5. The molecule has 0 aromatic carbocycles. The maximum absolute atomic E-state index is 13.0. The standard InChI is InChI=1S/C20H36N8O7/c1-10(29)15(27-16(31)11(21)4-2-8-25-20(23)24)17(32)26-12(6-7-14(22)30)18(33)28-9-3-5-13(28)19(34)35/h10-13,15,29H,2-9,21H2,1H3,(H2,22,30)(H,26,32)(H,27,31)(H,34,35)(H4,23,24,25). The van der Waals surface area contributed by atoms with Gasteiger partial charge in [-0.05, 0) is 39.0 Å². The number of likely N-dealkylation sites (tertiary alicyclic amines) is 1. The quantitative estimate of drug-likeness (QED) is 0.0651. The van der Waals surface area contributed by atoms with Gasteiger partial charge in [0.25, 0.3) is 0 Å². The number of carboxylic acids is 1. The molecule has 5 unspecified atom stereocenters. The highest BCUT2D eigenvalue weighted by Gasteiger charge is 2.39. The summed E-state index contributed by atoms with van der Waals surface area (Å²) in [5.41, 5.74) is 21.5. The summed E-state index contributed by atoms with van der Waals surface area (Å²) in [6.45, 7) is 1.68. The van der Waals surface area contributed by atoms with E-state index in [-0.39, 0.29) is 44.7 Å². The van der Waals surface area contributed by atoms with E-state index < -0.39 is 59.9 Å². The molecule has 0 radical (unpaired) electrons. The fourth-order valence-corrected chi connectivity index (χ4v) is 3.61. The van der Waals surface area contributed by atoms with Crippen molar-refractivity contribution < 1.29 is 34.2 Å². The predicted octanol–water partition coefficient (Wildman–Crippen LogP) is -3.94. The first-order valence-corrected chi connectivity index (χ1v) is 11.3. The highest BCUT2D eigenvalue weighted by Crippen LogP contribution is 2.19. The van der Waals surface area contributed by atoms with Crippen LogP contribution < -0.4 is 33.6 Å². The summed E-state index contributed by atoms with van der Waals surface area (Å²) in [4.78, 5) is 66.0. The Balaban J connectivity index is 2.89. The van der Waals surface area contributed by atoms with Gasteiger partial charge in [-0.2, -0.15) is 0 Å². The van der Waals surface area contributed by atoms with Crippen LogP contribution >= 0.6 is 0 Å². The van der Waals surface area contributed by atoms with Gasteiger partial charge in [-0.25, -0.2) is 4.79 Å². The zero-order valence-electron chi connectivity index (χ0n) is 19.7. The average Bonchev–Trinajstić information content (AvgIpc) is 3.26. The summed E-state index contributed by atoms with van der Waals surface area (Å²) in [6.07, 6.45) is -0.498. The van der Waals surface area contributed by atoms with Gasteiger partial charge in [0.05, 0.1) is 12.1 Å². The number of amides is 4. The zero-order valence-corrected chi connectivity index (χ0v) is 19.7. The summed E-state index contributed by atoms with van der Waals surface area (Å²) in [5.74, 6) is -4.33. The van der Waals surface area contributed by atoms with Crippen LogP contribution in [0.1, 0.15) is 45.4 Å². The van der Waals surface area contributed by atoms with Crippen LogP contribution in [0.3, 0.4) is 0 Å². The second-order valence-corrected chi connectivity index (χ2v) is 8.38. The summed E-state index contributed by atoms with van der Waals surface area (Å²) >= 11 is 0. The number of carboxylic acid groups (broad SMARTS) is 1. The topological polar surface area (TPSA) is 270 Å². The molecule has 15 heteroatoms. The van der Waals surface area contributed by atoms with Crippen LogP contribution in [0.5, 0.6) is 0 Å². The van der Waals surface area contributed by atoms with Crippen LogP contribution in [0.2, 0.25) is 0 Å². The van der Waals surface area contributed by atoms with Crippen molar-refractivity contribution in [2.24, 2.45) is 27.9 Å². The van der Waals surface area contributed by atoms with Crippen LogP contribution in [-0.4, -0.2) is 94.0 Å². The van der Waals surface area contributed by atoms with Gasteiger partial charge in [0.2, 0.25) is 23.6 Å². The number of aliphatic imine (C=N–C) groups is 1. The maximum Gasteiger partial charge on any atom is 0.326 e. The Kier molecular flexibility index (Phi) is 11.9. The summed E-state index contributed by atoms with van der Waals surface area (Å²) in [5, 5.41) is 24.2. The molecule has 4 amide bonds. The first-order valence-electron chi connectivity index (χ1n) is 11.3. The van der Waals surface area contributed by atoms with Gasteiger partial charge in [0.15, 0.2) is 5.96 Å². The molecule has 15 nitrogen and oxygen atoms in total. The molecule has 0 aromatic rings. The number of rotatable bonds is 14. The lowest BCUT2D eigenvalue weighted by atomic mass is 10.1. The third-order valence-electron chi connectivity index (χ3n) is 5.48. The Morgan fingerprint density at radius 1 is 1.09 bits per heavy atom. The first kappa shape index (κ1) is 29.6. The van der Waals surface area contributed by atoms with Crippen molar-refractivity contribution in [1.29, 1.82) is 0 Å². The Hall–Kier alpha value is -3.46. The van der Waals surface area contributed by atoms with Gasteiger partial charge < -0.3 is 48.7 Å². The SMILES string of the molecule is CC(O)C(NC(=O)C(N)CCCN=C(N)N)C(=O)NC(CCC(N)=O)C(=O)N1CCCC1C(=O)O. The van der Waals surface area contributed by atoms with Gasteiger partial charge in [-0.15, -0.1) is 0 Å². The van der Waals surface area contributed by atoms with Crippen molar-refractivity contribution in [3.05, 3.63) is 0 Å². The minimum Gasteiger partial charge on any atom is -0.480 e. The molecule has 0 spiro atoms. The molecule has 5 atom stereocenters. The van der Waals surface area contributed by atoms with Gasteiger partial charge >= 0.3 is 5.97 Å². The van der Waals surface area contributed by atoms with Crippen molar-refractivity contribution in [3.8, 4) is 0 Å². The average molecular weight is 501 g/mol. The summed E-state index contributed by atoms with van der Waals surface area (Å²) in [6, 6.07) is -4.84. The normalized spacial score (nSPS) is 18.6. The lowest BCUT2D eigenvalue weighted by molar-refractivity contribution is -0.149. The molecule has 1 rings (SSSR count). The molecule has 0 bridgehead atoms. The lowest BCUT2D eigenvalue weighted by Gasteiger charge is -2.29. The number of guanidine groups is 1. The second kappa shape index (κ2) is 14.1. The summed E-state index contributed by atoms with van der Waals surface area (Å²) < 4.78 is 0. The number of aliphatic hydroxyl groups is 1. The molecule has 12 N–H and O–H groups in total. The lowest BCUT2D eigenvalue weighted by Crippen LogP contribution is -2.59. The zero-order chi connectivity index (χ0) is 26.7. The van der Waals surface area contributed by atoms with E-state index in [0.29, 0.717) is 12.8 Å². The maximum atomic E-state index is 13.0. The predicted molar refractivity (Wildman–Crippen MR) is 124 cm³/mol. The number of aliphatic carboxylic acids is 1. The molecule has 198 valence electrons. The van der Waals surface area contributed by atoms with E-state index in [1.165, 1.54) is 6.92 Å². The van der Waals surface area contributed by atoms with E-state index in [4.69, 9.17) is 22.9 Å². The van der Waals surface area contributed by atoms with Crippen molar-refractivity contribution in [2.45, 2.75) is 75.7 Å². The molecule has 1 aliphatic rings. The number of nitrogens with zero attached hydrogens (tertiary/aromatic N) is 2. The number of primary amides is 1.